The molecule has 0 saturated heterocycles. The van der Waals surface area contributed by atoms with Gasteiger partial charge in [-0.3, -0.25) is 9.59 Å². The number of anilines is 1. The van der Waals surface area contributed by atoms with E-state index < -0.39 is 0 Å². The first kappa shape index (κ1) is 14.8. The Labute approximate surface area is 138 Å². The highest BCUT2D eigenvalue weighted by molar-refractivity contribution is 6.07. The van der Waals surface area contributed by atoms with Gasteiger partial charge >= 0.3 is 5.97 Å². The number of rotatable bonds is 4. The Morgan fingerprint density at radius 1 is 1.17 bits per heavy atom. The third kappa shape index (κ3) is 2.73. The van der Waals surface area contributed by atoms with Crippen LogP contribution >= 0.6 is 0 Å². The lowest BCUT2D eigenvalue weighted by molar-refractivity contribution is -0.148. The summed E-state index contributed by atoms with van der Waals surface area (Å²) in [5.41, 5.74) is 2.22. The van der Waals surface area contributed by atoms with E-state index in [-0.39, 0.29) is 24.4 Å². The molecule has 1 N–H and O–H groups in total. The van der Waals surface area contributed by atoms with Gasteiger partial charge in [-0.15, -0.1) is 0 Å². The largest absolute Gasteiger partial charge is 0.456 e. The van der Waals surface area contributed by atoms with Crippen molar-refractivity contribution in [2.24, 2.45) is 11.8 Å². The number of amides is 1. The molecule has 1 fully saturated rings. The van der Waals surface area contributed by atoms with E-state index in [0.29, 0.717) is 11.6 Å². The molecule has 1 heterocycles. The van der Waals surface area contributed by atoms with Gasteiger partial charge in [0.15, 0.2) is 6.61 Å². The third-order valence-electron chi connectivity index (χ3n) is 4.42. The zero-order valence-electron chi connectivity index (χ0n) is 13.2. The quantitative estimate of drug-likeness (QED) is 0.743. The molecule has 0 aliphatic heterocycles. The first-order valence-electron chi connectivity index (χ1n) is 7.99. The van der Waals surface area contributed by atoms with Crippen LogP contribution in [0, 0.1) is 11.8 Å². The minimum absolute atomic E-state index is 0.0357. The number of hydrogen-bond donors (Lipinski definition) is 1. The van der Waals surface area contributed by atoms with Gasteiger partial charge in [0.25, 0.3) is 5.91 Å². The van der Waals surface area contributed by atoms with Gasteiger partial charge in [-0.1, -0.05) is 25.1 Å². The third-order valence-corrected chi connectivity index (χ3v) is 4.42. The summed E-state index contributed by atoms with van der Waals surface area (Å²) in [6, 6.07) is 13.2. The Morgan fingerprint density at radius 2 is 1.92 bits per heavy atom. The number of fused-ring (bicyclic) bond motifs is 3. The molecule has 1 amide bonds. The maximum Gasteiger partial charge on any atom is 0.309 e. The number of carbonyl (C=O) groups is 2. The van der Waals surface area contributed by atoms with Crippen molar-refractivity contribution < 1.29 is 18.7 Å². The summed E-state index contributed by atoms with van der Waals surface area (Å²) in [6.45, 7) is 1.74. The molecule has 1 saturated carbocycles. The van der Waals surface area contributed by atoms with Crippen molar-refractivity contribution in [2.75, 3.05) is 11.9 Å². The van der Waals surface area contributed by atoms with E-state index in [2.05, 4.69) is 5.32 Å². The number of ether oxygens (including phenoxy) is 1. The van der Waals surface area contributed by atoms with Gasteiger partial charge in [0.2, 0.25) is 0 Å². The predicted octanol–water partition coefficient (Wildman–Crippen LogP) is 3.72. The second-order valence-electron chi connectivity index (χ2n) is 6.28. The summed E-state index contributed by atoms with van der Waals surface area (Å²) in [7, 11) is 0. The summed E-state index contributed by atoms with van der Waals surface area (Å²) in [5.74, 6) is -0.290. The summed E-state index contributed by atoms with van der Waals surface area (Å²) < 4.78 is 10.8. The van der Waals surface area contributed by atoms with E-state index in [9.17, 15) is 9.59 Å². The fourth-order valence-electron chi connectivity index (χ4n) is 2.90. The Kier molecular flexibility index (Phi) is 3.49. The van der Waals surface area contributed by atoms with Crippen LogP contribution in [-0.2, 0) is 14.3 Å². The summed E-state index contributed by atoms with van der Waals surface area (Å²) >= 11 is 0. The monoisotopic (exact) mass is 323 g/mol. The molecular weight excluding hydrogens is 306 g/mol. The molecule has 1 aromatic heterocycles. The van der Waals surface area contributed by atoms with E-state index in [1.54, 1.807) is 6.07 Å². The smallest absolute Gasteiger partial charge is 0.309 e. The van der Waals surface area contributed by atoms with Gasteiger partial charge in [0, 0.05) is 16.5 Å². The van der Waals surface area contributed by atoms with Crippen LogP contribution in [0.15, 0.2) is 46.9 Å². The van der Waals surface area contributed by atoms with Crippen LogP contribution < -0.4 is 5.32 Å². The van der Waals surface area contributed by atoms with Crippen molar-refractivity contribution in [1.29, 1.82) is 0 Å². The molecule has 5 heteroatoms. The standard InChI is InChI=1S/C19H17NO4/c1-11-8-14(11)19(22)23-10-18(21)20-12-6-7-17-15(9-12)13-4-2-3-5-16(13)24-17/h2-7,9,11,14H,8,10H2,1H3,(H,20,21)/t11-,14+/m0/s1. The minimum Gasteiger partial charge on any atom is -0.456 e. The average Bonchev–Trinajstić information content (AvgIpc) is 3.20. The van der Waals surface area contributed by atoms with Crippen molar-refractivity contribution in [3.05, 3.63) is 42.5 Å². The zero-order valence-corrected chi connectivity index (χ0v) is 13.2. The molecule has 24 heavy (non-hydrogen) atoms. The molecule has 2 atom stereocenters. The van der Waals surface area contributed by atoms with Crippen LogP contribution in [0.2, 0.25) is 0 Å². The van der Waals surface area contributed by atoms with Crippen molar-refractivity contribution >= 4 is 39.5 Å². The Balaban J connectivity index is 1.46. The van der Waals surface area contributed by atoms with Crippen LogP contribution in [-0.4, -0.2) is 18.5 Å². The molecule has 122 valence electrons. The molecule has 0 unspecified atom stereocenters. The average molecular weight is 323 g/mol. The van der Waals surface area contributed by atoms with Crippen molar-refractivity contribution in [3.63, 3.8) is 0 Å². The second kappa shape index (κ2) is 5.67. The van der Waals surface area contributed by atoms with Crippen LogP contribution in [0.25, 0.3) is 21.9 Å². The molecule has 1 aliphatic rings. The van der Waals surface area contributed by atoms with Crippen molar-refractivity contribution in [3.8, 4) is 0 Å². The molecule has 1 aliphatic carbocycles. The summed E-state index contributed by atoms with van der Waals surface area (Å²) in [4.78, 5) is 23.6. The number of carbonyl (C=O) groups excluding carboxylic acids is 2. The molecule has 0 bridgehead atoms. The predicted molar refractivity (Wildman–Crippen MR) is 90.6 cm³/mol. The minimum atomic E-state index is -0.344. The van der Waals surface area contributed by atoms with Crippen LogP contribution in [0.5, 0.6) is 0 Å². The van der Waals surface area contributed by atoms with E-state index >= 15 is 0 Å². The van der Waals surface area contributed by atoms with E-state index in [0.717, 1.165) is 28.4 Å². The number of benzene rings is 2. The van der Waals surface area contributed by atoms with Gasteiger partial charge in [0.1, 0.15) is 11.2 Å². The second-order valence-corrected chi connectivity index (χ2v) is 6.28. The van der Waals surface area contributed by atoms with E-state index in [1.165, 1.54) is 0 Å². The SMILES string of the molecule is C[C@H]1C[C@H]1C(=O)OCC(=O)Nc1ccc2oc3ccccc3c2c1. The first-order valence-corrected chi connectivity index (χ1v) is 7.99. The number of para-hydroxylation sites is 1. The van der Waals surface area contributed by atoms with Gasteiger partial charge < -0.3 is 14.5 Å². The normalized spacial score (nSPS) is 19.4. The first-order chi connectivity index (χ1) is 11.6. The molecule has 2 aromatic carbocycles. The van der Waals surface area contributed by atoms with E-state index in [1.807, 2.05) is 43.3 Å². The van der Waals surface area contributed by atoms with Gasteiger partial charge in [-0.2, -0.15) is 0 Å². The summed E-state index contributed by atoms with van der Waals surface area (Å²) in [5, 5.41) is 4.69. The zero-order chi connectivity index (χ0) is 16.7. The Hall–Kier alpha value is -2.82. The Morgan fingerprint density at radius 3 is 2.71 bits per heavy atom. The number of esters is 1. The number of hydrogen-bond acceptors (Lipinski definition) is 4. The maximum atomic E-state index is 12.0. The van der Waals surface area contributed by atoms with Crippen LogP contribution in [0.1, 0.15) is 13.3 Å². The molecule has 0 spiro atoms. The van der Waals surface area contributed by atoms with Crippen molar-refractivity contribution in [2.45, 2.75) is 13.3 Å². The highest BCUT2D eigenvalue weighted by atomic mass is 16.5. The number of furan rings is 1. The van der Waals surface area contributed by atoms with Gasteiger partial charge in [-0.25, -0.2) is 0 Å². The van der Waals surface area contributed by atoms with Crippen LogP contribution in [0.3, 0.4) is 0 Å². The highest BCUT2D eigenvalue weighted by Crippen LogP contribution is 2.38. The molecule has 4 rings (SSSR count). The van der Waals surface area contributed by atoms with Crippen LogP contribution in [0.4, 0.5) is 5.69 Å². The van der Waals surface area contributed by atoms with Gasteiger partial charge in [-0.05, 0) is 36.6 Å². The maximum absolute atomic E-state index is 12.0. The summed E-state index contributed by atoms with van der Waals surface area (Å²) in [6.07, 6.45) is 0.852. The number of nitrogens with one attached hydrogen (secondary N) is 1. The fraction of sp³-hybridized carbons (Fsp3) is 0.263. The lowest BCUT2D eigenvalue weighted by Gasteiger charge is -2.06. The molecule has 0 radical (unpaired) electrons. The lowest BCUT2D eigenvalue weighted by Crippen LogP contribution is -2.21. The van der Waals surface area contributed by atoms with E-state index in [4.69, 9.17) is 9.15 Å². The van der Waals surface area contributed by atoms with Gasteiger partial charge in [0.05, 0.1) is 5.92 Å². The highest BCUT2D eigenvalue weighted by Gasteiger charge is 2.40. The topological polar surface area (TPSA) is 68.5 Å². The molecular formula is C19H17NO4. The fourth-order valence-corrected chi connectivity index (χ4v) is 2.90. The van der Waals surface area contributed by atoms with Crippen molar-refractivity contribution in [1.82, 2.24) is 0 Å². The Bertz CT molecular complexity index is 943. The molecule has 5 nitrogen and oxygen atoms in total. The lowest BCUT2D eigenvalue weighted by atomic mass is 10.1. The molecule has 3 aromatic rings.